The van der Waals surface area contributed by atoms with Gasteiger partial charge in [0.05, 0.1) is 0 Å². The number of halogens is 1. The minimum Gasteiger partial charge on any atom is -0.507 e. The topological polar surface area (TPSA) is 58.6 Å². The Hall–Kier alpha value is -1.62. The van der Waals surface area contributed by atoms with Crippen LogP contribution in [-0.2, 0) is 4.74 Å². The van der Waals surface area contributed by atoms with Gasteiger partial charge in [0.1, 0.15) is 17.1 Å². The van der Waals surface area contributed by atoms with E-state index >= 15 is 0 Å². The van der Waals surface area contributed by atoms with Gasteiger partial charge in [-0.1, -0.05) is 13.0 Å². The number of amides is 1. The Morgan fingerprint density at radius 3 is 2.89 bits per heavy atom. The van der Waals surface area contributed by atoms with E-state index in [2.05, 4.69) is 5.32 Å². The fourth-order valence-corrected chi connectivity index (χ4v) is 1.45. The van der Waals surface area contributed by atoms with Gasteiger partial charge in [0.2, 0.25) is 0 Å². The number of rotatable bonds is 7. The van der Waals surface area contributed by atoms with Crippen LogP contribution in [0.3, 0.4) is 0 Å². The van der Waals surface area contributed by atoms with E-state index in [1.165, 1.54) is 12.1 Å². The summed E-state index contributed by atoms with van der Waals surface area (Å²) in [6, 6.07) is 3.77. The second kappa shape index (κ2) is 7.66. The van der Waals surface area contributed by atoms with Gasteiger partial charge in [-0.3, -0.25) is 4.79 Å². The Morgan fingerprint density at radius 2 is 2.22 bits per heavy atom. The number of ether oxygens (including phenoxy) is 1. The van der Waals surface area contributed by atoms with Gasteiger partial charge < -0.3 is 15.2 Å². The lowest BCUT2D eigenvalue weighted by Gasteiger charge is -2.07. The highest BCUT2D eigenvalue weighted by molar-refractivity contribution is 5.97. The van der Waals surface area contributed by atoms with Crippen molar-refractivity contribution in [1.29, 1.82) is 0 Å². The number of benzene rings is 1. The first-order valence-corrected chi connectivity index (χ1v) is 6.00. The summed E-state index contributed by atoms with van der Waals surface area (Å²) < 4.78 is 18.6. The molecule has 0 saturated heterocycles. The Balaban J connectivity index is 2.37. The smallest absolute Gasteiger partial charge is 0.258 e. The molecule has 1 aromatic rings. The molecule has 0 aromatic heterocycles. The largest absolute Gasteiger partial charge is 0.507 e. The maximum absolute atomic E-state index is 13.3. The van der Waals surface area contributed by atoms with Crippen LogP contribution in [0.4, 0.5) is 4.39 Å². The lowest BCUT2D eigenvalue weighted by molar-refractivity contribution is 0.0934. The number of carbonyl (C=O) groups excluding carboxylic acids is 1. The highest BCUT2D eigenvalue weighted by atomic mass is 19.1. The van der Waals surface area contributed by atoms with E-state index in [1.54, 1.807) is 0 Å². The molecule has 4 nitrogen and oxygen atoms in total. The Morgan fingerprint density at radius 1 is 1.44 bits per heavy atom. The number of carbonyl (C=O) groups is 1. The van der Waals surface area contributed by atoms with E-state index in [-0.39, 0.29) is 11.3 Å². The molecule has 18 heavy (non-hydrogen) atoms. The van der Waals surface area contributed by atoms with Gasteiger partial charge in [0.25, 0.3) is 5.91 Å². The van der Waals surface area contributed by atoms with E-state index in [0.717, 1.165) is 12.5 Å². The van der Waals surface area contributed by atoms with Crippen molar-refractivity contribution in [3.8, 4) is 5.75 Å². The maximum Gasteiger partial charge on any atom is 0.258 e. The first-order valence-electron chi connectivity index (χ1n) is 6.00. The van der Waals surface area contributed by atoms with Crippen LogP contribution in [0.5, 0.6) is 5.75 Å². The van der Waals surface area contributed by atoms with Gasteiger partial charge in [0.15, 0.2) is 0 Å². The molecule has 5 heteroatoms. The van der Waals surface area contributed by atoms with Crippen LogP contribution in [0.2, 0.25) is 0 Å². The second-order valence-corrected chi connectivity index (χ2v) is 3.86. The third-order valence-electron chi connectivity index (χ3n) is 2.32. The Kier molecular flexibility index (Phi) is 6.14. The molecular formula is C13H18FNO3. The molecule has 0 aliphatic carbocycles. The van der Waals surface area contributed by atoms with E-state index in [9.17, 15) is 14.3 Å². The zero-order valence-corrected chi connectivity index (χ0v) is 10.4. The Labute approximate surface area is 106 Å². The molecule has 0 fully saturated rings. The van der Waals surface area contributed by atoms with Gasteiger partial charge in [-0.25, -0.2) is 4.39 Å². The lowest BCUT2D eigenvalue weighted by atomic mass is 10.1. The van der Waals surface area contributed by atoms with Crippen LogP contribution >= 0.6 is 0 Å². The van der Waals surface area contributed by atoms with Crippen molar-refractivity contribution in [2.75, 3.05) is 19.8 Å². The minimum absolute atomic E-state index is 0.313. The first kappa shape index (κ1) is 14.4. The van der Waals surface area contributed by atoms with Gasteiger partial charge >= 0.3 is 0 Å². The van der Waals surface area contributed by atoms with Gasteiger partial charge in [-0.15, -0.1) is 0 Å². The van der Waals surface area contributed by atoms with Crippen molar-refractivity contribution in [1.82, 2.24) is 5.32 Å². The van der Waals surface area contributed by atoms with E-state index < -0.39 is 11.7 Å². The number of hydrogen-bond acceptors (Lipinski definition) is 3. The quantitative estimate of drug-likeness (QED) is 0.733. The predicted octanol–water partition coefficient (Wildman–Crippen LogP) is 2.08. The molecule has 2 N–H and O–H groups in total. The highest BCUT2D eigenvalue weighted by Crippen LogP contribution is 2.19. The zero-order chi connectivity index (χ0) is 13.4. The summed E-state index contributed by atoms with van der Waals surface area (Å²) in [5.74, 6) is -1.69. The molecule has 0 aliphatic heterocycles. The molecule has 0 spiro atoms. The SMILES string of the molecule is CCCOCCCNC(=O)c1c(O)cccc1F. The number of nitrogens with one attached hydrogen (secondary N) is 1. The zero-order valence-electron chi connectivity index (χ0n) is 10.4. The van der Waals surface area contributed by atoms with Gasteiger partial charge in [-0.2, -0.15) is 0 Å². The molecule has 0 saturated carbocycles. The molecule has 1 rings (SSSR count). The average Bonchev–Trinajstić information content (AvgIpc) is 2.33. The summed E-state index contributed by atoms with van der Waals surface area (Å²) in [6.07, 6.45) is 1.61. The van der Waals surface area contributed by atoms with Crippen molar-refractivity contribution < 1.29 is 19.0 Å². The van der Waals surface area contributed by atoms with Crippen molar-refractivity contribution in [3.63, 3.8) is 0 Å². The molecule has 1 aromatic carbocycles. The average molecular weight is 255 g/mol. The van der Waals surface area contributed by atoms with Gasteiger partial charge in [0, 0.05) is 19.8 Å². The van der Waals surface area contributed by atoms with Crippen molar-refractivity contribution >= 4 is 5.91 Å². The molecule has 0 heterocycles. The highest BCUT2D eigenvalue weighted by Gasteiger charge is 2.15. The number of phenolic OH excluding ortho intramolecular Hbond substituents is 1. The fraction of sp³-hybridized carbons (Fsp3) is 0.462. The third-order valence-corrected chi connectivity index (χ3v) is 2.32. The molecule has 0 radical (unpaired) electrons. The molecule has 0 unspecified atom stereocenters. The lowest BCUT2D eigenvalue weighted by Crippen LogP contribution is -2.26. The standard InChI is InChI=1S/C13H18FNO3/c1-2-8-18-9-4-7-15-13(17)12-10(14)5-3-6-11(12)16/h3,5-6,16H,2,4,7-9H2,1H3,(H,15,17). The fourth-order valence-electron chi connectivity index (χ4n) is 1.45. The monoisotopic (exact) mass is 255 g/mol. The van der Waals surface area contributed by atoms with Gasteiger partial charge in [-0.05, 0) is 25.0 Å². The second-order valence-electron chi connectivity index (χ2n) is 3.86. The summed E-state index contributed by atoms with van der Waals surface area (Å²) in [5.41, 5.74) is -0.313. The molecular weight excluding hydrogens is 237 g/mol. The van der Waals surface area contributed by atoms with E-state index in [1.807, 2.05) is 6.92 Å². The predicted molar refractivity (Wildman–Crippen MR) is 66.1 cm³/mol. The molecule has 0 bridgehead atoms. The van der Waals surface area contributed by atoms with Crippen LogP contribution in [0.15, 0.2) is 18.2 Å². The van der Waals surface area contributed by atoms with Crippen molar-refractivity contribution in [2.45, 2.75) is 19.8 Å². The summed E-state index contributed by atoms with van der Waals surface area (Å²) in [5, 5.41) is 11.9. The van der Waals surface area contributed by atoms with Crippen LogP contribution in [0.1, 0.15) is 30.1 Å². The van der Waals surface area contributed by atoms with Crippen LogP contribution in [0.25, 0.3) is 0 Å². The van der Waals surface area contributed by atoms with Crippen LogP contribution in [0, 0.1) is 5.82 Å². The van der Waals surface area contributed by atoms with Crippen molar-refractivity contribution in [2.24, 2.45) is 0 Å². The summed E-state index contributed by atoms with van der Waals surface area (Å²) in [6.45, 7) is 3.65. The third kappa shape index (κ3) is 4.33. The first-order chi connectivity index (χ1) is 8.66. The van der Waals surface area contributed by atoms with Crippen LogP contribution < -0.4 is 5.32 Å². The van der Waals surface area contributed by atoms with E-state index in [0.29, 0.717) is 26.2 Å². The minimum atomic E-state index is -0.727. The Bertz CT molecular complexity index is 376. The number of phenols is 1. The number of hydrogen-bond donors (Lipinski definition) is 2. The summed E-state index contributed by atoms with van der Waals surface area (Å²) in [4.78, 5) is 11.6. The molecule has 1 amide bonds. The van der Waals surface area contributed by atoms with E-state index in [4.69, 9.17) is 4.74 Å². The van der Waals surface area contributed by atoms with Crippen molar-refractivity contribution in [3.05, 3.63) is 29.6 Å². The van der Waals surface area contributed by atoms with Crippen LogP contribution in [-0.4, -0.2) is 30.8 Å². The molecule has 100 valence electrons. The maximum atomic E-state index is 13.3. The summed E-state index contributed by atoms with van der Waals surface area (Å²) in [7, 11) is 0. The number of aromatic hydroxyl groups is 1. The normalized spacial score (nSPS) is 10.3. The molecule has 0 atom stereocenters. The summed E-state index contributed by atoms with van der Waals surface area (Å²) >= 11 is 0. The molecule has 0 aliphatic rings.